The molecule has 2 amide bonds. The number of hydrogen-bond acceptors (Lipinski definition) is 5. The van der Waals surface area contributed by atoms with Gasteiger partial charge in [-0.3, -0.25) is 19.0 Å². The van der Waals surface area contributed by atoms with Gasteiger partial charge in [-0.2, -0.15) is 0 Å². The SMILES string of the molecule is CC(C)Cn1c(SCC(=O)Nc2ccc(C(=O)N(C)C)cc2)nc2ccc(Cl)cc2c1=O. The maximum atomic E-state index is 13.0. The predicted molar refractivity (Wildman–Crippen MR) is 130 cm³/mol. The van der Waals surface area contributed by atoms with Crippen molar-refractivity contribution in [2.75, 3.05) is 25.2 Å². The molecule has 2 aromatic carbocycles. The van der Waals surface area contributed by atoms with E-state index in [4.69, 9.17) is 11.6 Å². The van der Waals surface area contributed by atoms with Gasteiger partial charge in [-0.15, -0.1) is 0 Å². The van der Waals surface area contributed by atoms with E-state index in [1.807, 2.05) is 13.8 Å². The van der Waals surface area contributed by atoms with E-state index in [0.717, 1.165) is 0 Å². The number of hydrogen-bond donors (Lipinski definition) is 1. The van der Waals surface area contributed by atoms with Crippen LogP contribution in [-0.2, 0) is 11.3 Å². The first kappa shape index (κ1) is 23.8. The Hall–Kier alpha value is -2.84. The monoisotopic (exact) mass is 472 g/mol. The summed E-state index contributed by atoms with van der Waals surface area (Å²) in [6, 6.07) is 11.7. The lowest BCUT2D eigenvalue weighted by atomic mass is 10.2. The van der Waals surface area contributed by atoms with Crippen LogP contribution in [0.25, 0.3) is 10.9 Å². The summed E-state index contributed by atoms with van der Waals surface area (Å²) in [5, 5.41) is 4.23. The Balaban J connectivity index is 1.76. The number of amides is 2. The molecule has 0 aliphatic rings. The quantitative estimate of drug-likeness (QED) is 0.412. The molecule has 168 valence electrons. The Kier molecular flexibility index (Phi) is 7.58. The van der Waals surface area contributed by atoms with Crippen LogP contribution in [0.3, 0.4) is 0 Å². The standard InChI is InChI=1S/C23H25ClN4O3S/c1-14(2)12-28-22(31)18-11-16(24)7-10-19(18)26-23(28)32-13-20(29)25-17-8-5-15(6-9-17)21(30)27(3)4/h5-11,14H,12-13H2,1-4H3,(H,25,29). The summed E-state index contributed by atoms with van der Waals surface area (Å²) >= 11 is 7.26. The zero-order chi connectivity index (χ0) is 23.4. The number of nitrogens with one attached hydrogen (secondary N) is 1. The van der Waals surface area contributed by atoms with Crippen molar-refractivity contribution in [3.8, 4) is 0 Å². The number of carbonyl (C=O) groups is 2. The highest BCUT2D eigenvalue weighted by Crippen LogP contribution is 2.21. The number of rotatable bonds is 7. The highest BCUT2D eigenvalue weighted by molar-refractivity contribution is 7.99. The molecule has 32 heavy (non-hydrogen) atoms. The van der Waals surface area contributed by atoms with Gasteiger partial charge in [-0.25, -0.2) is 4.98 Å². The third-order valence-electron chi connectivity index (χ3n) is 4.58. The minimum atomic E-state index is -0.233. The molecule has 1 heterocycles. The van der Waals surface area contributed by atoms with Gasteiger partial charge in [0, 0.05) is 36.9 Å². The summed E-state index contributed by atoms with van der Waals surface area (Å²) in [5.74, 6) is -0.0293. The van der Waals surface area contributed by atoms with Crippen molar-refractivity contribution in [2.24, 2.45) is 5.92 Å². The van der Waals surface area contributed by atoms with E-state index in [-0.39, 0.29) is 29.0 Å². The van der Waals surface area contributed by atoms with E-state index < -0.39 is 0 Å². The molecular formula is C23H25ClN4O3S. The number of benzene rings is 2. The second kappa shape index (κ2) is 10.2. The molecule has 3 rings (SSSR count). The van der Waals surface area contributed by atoms with Gasteiger partial charge in [-0.1, -0.05) is 37.2 Å². The van der Waals surface area contributed by atoms with Crippen LogP contribution in [0.15, 0.2) is 52.4 Å². The molecule has 0 saturated carbocycles. The molecular weight excluding hydrogens is 448 g/mol. The summed E-state index contributed by atoms with van der Waals surface area (Å²) in [6.07, 6.45) is 0. The van der Waals surface area contributed by atoms with Crippen LogP contribution in [0.5, 0.6) is 0 Å². The summed E-state index contributed by atoms with van der Waals surface area (Å²) in [7, 11) is 3.37. The van der Waals surface area contributed by atoms with Gasteiger partial charge >= 0.3 is 0 Å². The maximum absolute atomic E-state index is 13.0. The summed E-state index contributed by atoms with van der Waals surface area (Å²) in [6.45, 7) is 4.51. The Morgan fingerprint density at radius 2 is 1.84 bits per heavy atom. The van der Waals surface area contributed by atoms with E-state index in [1.165, 1.54) is 16.7 Å². The lowest BCUT2D eigenvalue weighted by Crippen LogP contribution is -2.26. The zero-order valence-electron chi connectivity index (χ0n) is 18.4. The number of fused-ring (bicyclic) bond motifs is 1. The predicted octanol–water partition coefficient (Wildman–Crippen LogP) is 4.14. The molecule has 0 fully saturated rings. The molecule has 7 nitrogen and oxygen atoms in total. The molecule has 0 spiro atoms. The summed E-state index contributed by atoms with van der Waals surface area (Å²) < 4.78 is 1.60. The number of thioether (sulfide) groups is 1. The van der Waals surface area contributed by atoms with E-state index in [2.05, 4.69) is 10.3 Å². The number of anilines is 1. The van der Waals surface area contributed by atoms with Crippen LogP contribution in [-0.4, -0.2) is 46.1 Å². The molecule has 0 radical (unpaired) electrons. The van der Waals surface area contributed by atoms with Crippen molar-refractivity contribution in [1.82, 2.24) is 14.5 Å². The molecule has 1 aromatic heterocycles. The van der Waals surface area contributed by atoms with Gasteiger partial charge in [0.05, 0.1) is 16.7 Å². The number of aromatic nitrogens is 2. The Labute approximate surface area is 195 Å². The second-order valence-corrected chi connectivity index (χ2v) is 9.36. The molecule has 0 saturated heterocycles. The van der Waals surface area contributed by atoms with Gasteiger partial charge in [0.2, 0.25) is 5.91 Å². The Morgan fingerprint density at radius 1 is 1.16 bits per heavy atom. The maximum Gasteiger partial charge on any atom is 0.262 e. The fourth-order valence-corrected chi connectivity index (χ4v) is 4.07. The fraction of sp³-hybridized carbons (Fsp3) is 0.304. The average molecular weight is 473 g/mol. The average Bonchev–Trinajstić information content (AvgIpc) is 2.74. The molecule has 0 unspecified atom stereocenters. The van der Waals surface area contributed by atoms with Crippen LogP contribution in [0.1, 0.15) is 24.2 Å². The Bertz CT molecular complexity index is 1210. The molecule has 1 N–H and O–H groups in total. The van der Waals surface area contributed by atoms with E-state index in [9.17, 15) is 14.4 Å². The van der Waals surface area contributed by atoms with Crippen molar-refractivity contribution in [3.05, 3.63) is 63.4 Å². The van der Waals surface area contributed by atoms with Crippen LogP contribution >= 0.6 is 23.4 Å². The van der Waals surface area contributed by atoms with Gasteiger partial charge < -0.3 is 10.2 Å². The van der Waals surface area contributed by atoms with E-state index in [1.54, 1.807) is 61.1 Å². The lowest BCUT2D eigenvalue weighted by Gasteiger charge is -2.15. The van der Waals surface area contributed by atoms with Crippen molar-refractivity contribution in [3.63, 3.8) is 0 Å². The number of halogens is 1. The van der Waals surface area contributed by atoms with Gasteiger partial charge in [0.1, 0.15) is 0 Å². The number of carbonyl (C=O) groups excluding carboxylic acids is 2. The van der Waals surface area contributed by atoms with Crippen molar-refractivity contribution in [2.45, 2.75) is 25.5 Å². The zero-order valence-corrected chi connectivity index (χ0v) is 20.0. The Morgan fingerprint density at radius 3 is 2.47 bits per heavy atom. The van der Waals surface area contributed by atoms with E-state index >= 15 is 0 Å². The van der Waals surface area contributed by atoms with E-state index in [0.29, 0.717) is 38.9 Å². The van der Waals surface area contributed by atoms with Crippen LogP contribution in [0.2, 0.25) is 5.02 Å². The topological polar surface area (TPSA) is 84.3 Å². The first-order valence-corrected chi connectivity index (χ1v) is 11.5. The van der Waals surface area contributed by atoms with Crippen LogP contribution < -0.4 is 10.9 Å². The van der Waals surface area contributed by atoms with Gasteiger partial charge in [0.25, 0.3) is 11.5 Å². The lowest BCUT2D eigenvalue weighted by molar-refractivity contribution is -0.113. The highest BCUT2D eigenvalue weighted by Gasteiger charge is 2.15. The van der Waals surface area contributed by atoms with Gasteiger partial charge in [-0.05, 0) is 48.4 Å². The highest BCUT2D eigenvalue weighted by atomic mass is 35.5. The molecule has 0 aliphatic carbocycles. The normalized spacial score (nSPS) is 11.1. The number of nitrogens with zero attached hydrogens (tertiary/aromatic N) is 3. The largest absolute Gasteiger partial charge is 0.345 e. The van der Waals surface area contributed by atoms with Crippen LogP contribution in [0.4, 0.5) is 5.69 Å². The molecule has 0 aliphatic heterocycles. The van der Waals surface area contributed by atoms with Crippen molar-refractivity contribution in [1.29, 1.82) is 0 Å². The molecule has 0 atom stereocenters. The smallest absolute Gasteiger partial charge is 0.262 e. The third-order valence-corrected chi connectivity index (χ3v) is 5.79. The first-order valence-electron chi connectivity index (χ1n) is 10.1. The fourth-order valence-electron chi connectivity index (χ4n) is 3.09. The summed E-state index contributed by atoms with van der Waals surface area (Å²) in [5.41, 5.74) is 1.51. The van der Waals surface area contributed by atoms with Crippen molar-refractivity contribution < 1.29 is 9.59 Å². The molecule has 9 heteroatoms. The first-order chi connectivity index (χ1) is 15.2. The summed E-state index contributed by atoms with van der Waals surface area (Å²) in [4.78, 5) is 43.6. The minimum Gasteiger partial charge on any atom is -0.345 e. The van der Waals surface area contributed by atoms with Crippen LogP contribution in [0, 0.1) is 5.92 Å². The molecule has 0 bridgehead atoms. The van der Waals surface area contributed by atoms with Gasteiger partial charge in [0.15, 0.2) is 5.16 Å². The third kappa shape index (κ3) is 5.69. The molecule has 3 aromatic rings. The van der Waals surface area contributed by atoms with Crippen molar-refractivity contribution >= 4 is 51.8 Å². The minimum absolute atomic E-state index is 0.0853. The second-order valence-electron chi connectivity index (χ2n) is 7.98.